The molecule has 1 heterocycles. The molecule has 3 heteroatoms. The Kier molecular flexibility index (Phi) is 2.27. The van der Waals surface area contributed by atoms with Crippen LogP contribution < -0.4 is 0 Å². The van der Waals surface area contributed by atoms with Crippen molar-refractivity contribution in [2.75, 3.05) is 0 Å². The Morgan fingerprint density at radius 1 is 1.19 bits per heavy atom. The summed E-state index contributed by atoms with van der Waals surface area (Å²) in [7, 11) is 0. The molecule has 0 radical (unpaired) electrons. The summed E-state index contributed by atoms with van der Waals surface area (Å²) in [5, 5.41) is 9.18. The third kappa shape index (κ3) is 1.64. The van der Waals surface area contributed by atoms with Crippen molar-refractivity contribution in [3.8, 4) is 0 Å². The SMILES string of the molecule is O=C(O)c1cc(C2CCCC2)[nH]c1C1CC1. The van der Waals surface area contributed by atoms with E-state index in [1.807, 2.05) is 6.07 Å². The van der Waals surface area contributed by atoms with Gasteiger partial charge in [-0.05, 0) is 43.6 Å². The molecule has 3 nitrogen and oxygen atoms in total. The number of carboxylic acids is 1. The highest BCUT2D eigenvalue weighted by Crippen LogP contribution is 2.43. The van der Waals surface area contributed by atoms with E-state index in [2.05, 4.69) is 4.98 Å². The number of carboxylic acid groups (broad SMARTS) is 1. The summed E-state index contributed by atoms with van der Waals surface area (Å²) in [4.78, 5) is 14.5. The highest BCUT2D eigenvalue weighted by molar-refractivity contribution is 5.89. The number of hydrogen-bond donors (Lipinski definition) is 2. The molecule has 0 aromatic carbocycles. The zero-order valence-electron chi connectivity index (χ0n) is 9.33. The molecule has 2 saturated carbocycles. The van der Waals surface area contributed by atoms with Crippen molar-refractivity contribution in [2.45, 2.75) is 50.4 Å². The summed E-state index contributed by atoms with van der Waals surface area (Å²) in [5.41, 5.74) is 2.66. The maximum absolute atomic E-state index is 11.2. The molecule has 1 aromatic heterocycles. The van der Waals surface area contributed by atoms with Crippen LogP contribution in [0, 0.1) is 0 Å². The van der Waals surface area contributed by atoms with Gasteiger partial charge in [0.15, 0.2) is 0 Å². The first-order valence-corrected chi connectivity index (χ1v) is 6.22. The van der Waals surface area contributed by atoms with Crippen molar-refractivity contribution >= 4 is 5.97 Å². The van der Waals surface area contributed by atoms with Crippen molar-refractivity contribution in [1.82, 2.24) is 4.98 Å². The fourth-order valence-electron chi connectivity index (χ4n) is 2.82. The van der Waals surface area contributed by atoms with Crippen LogP contribution >= 0.6 is 0 Å². The molecule has 0 unspecified atom stereocenters. The van der Waals surface area contributed by atoms with Crippen LogP contribution in [-0.4, -0.2) is 16.1 Å². The summed E-state index contributed by atoms with van der Waals surface area (Å²) >= 11 is 0. The molecule has 0 aliphatic heterocycles. The molecule has 0 saturated heterocycles. The number of aromatic carboxylic acids is 1. The van der Waals surface area contributed by atoms with Crippen molar-refractivity contribution in [3.05, 3.63) is 23.0 Å². The number of rotatable bonds is 3. The van der Waals surface area contributed by atoms with E-state index in [-0.39, 0.29) is 0 Å². The maximum Gasteiger partial charge on any atom is 0.337 e. The average molecular weight is 219 g/mol. The Hall–Kier alpha value is -1.25. The molecule has 86 valence electrons. The molecule has 0 amide bonds. The van der Waals surface area contributed by atoms with E-state index in [0.29, 0.717) is 17.4 Å². The number of aromatic amines is 1. The molecule has 1 aromatic rings. The third-order valence-electron chi connectivity index (χ3n) is 3.88. The fraction of sp³-hybridized carbons (Fsp3) is 0.615. The van der Waals surface area contributed by atoms with E-state index < -0.39 is 5.97 Å². The van der Waals surface area contributed by atoms with Crippen LogP contribution in [0.15, 0.2) is 6.07 Å². The Morgan fingerprint density at radius 3 is 2.44 bits per heavy atom. The first kappa shape index (κ1) is 9.94. The van der Waals surface area contributed by atoms with Gasteiger partial charge in [0.1, 0.15) is 0 Å². The van der Waals surface area contributed by atoms with Gasteiger partial charge in [-0.2, -0.15) is 0 Å². The molecule has 16 heavy (non-hydrogen) atoms. The first-order chi connectivity index (χ1) is 7.75. The van der Waals surface area contributed by atoms with Crippen LogP contribution in [0.3, 0.4) is 0 Å². The number of H-pyrrole nitrogens is 1. The smallest absolute Gasteiger partial charge is 0.337 e. The number of carbonyl (C=O) groups is 1. The molecule has 0 atom stereocenters. The minimum Gasteiger partial charge on any atom is -0.478 e. The Labute approximate surface area is 94.9 Å². The van der Waals surface area contributed by atoms with E-state index >= 15 is 0 Å². The van der Waals surface area contributed by atoms with Crippen LogP contribution in [0.5, 0.6) is 0 Å². The maximum atomic E-state index is 11.2. The summed E-state index contributed by atoms with van der Waals surface area (Å²) in [6, 6.07) is 1.88. The molecular formula is C13H17NO2. The first-order valence-electron chi connectivity index (χ1n) is 6.22. The average Bonchev–Trinajstić information content (AvgIpc) is 2.83. The standard InChI is InChI=1S/C13H17NO2/c15-13(16)10-7-11(8-3-1-2-4-8)14-12(10)9-5-6-9/h7-9,14H,1-6H2,(H,15,16). The van der Waals surface area contributed by atoms with Crippen LogP contribution in [0.4, 0.5) is 0 Å². The number of nitrogens with one attached hydrogen (secondary N) is 1. The highest BCUT2D eigenvalue weighted by atomic mass is 16.4. The lowest BCUT2D eigenvalue weighted by Gasteiger charge is -2.05. The minimum absolute atomic E-state index is 0.487. The lowest BCUT2D eigenvalue weighted by Crippen LogP contribution is -1.98. The molecule has 2 N–H and O–H groups in total. The van der Waals surface area contributed by atoms with Crippen molar-refractivity contribution in [1.29, 1.82) is 0 Å². The van der Waals surface area contributed by atoms with E-state index in [9.17, 15) is 9.90 Å². The zero-order chi connectivity index (χ0) is 11.1. The van der Waals surface area contributed by atoms with Crippen LogP contribution in [-0.2, 0) is 0 Å². The molecule has 3 rings (SSSR count). The van der Waals surface area contributed by atoms with E-state index in [4.69, 9.17) is 0 Å². The van der Waals surface area contributed by atoms with Crippen LogP contribution in [0.2, 0.25) is 0 Å². The van der Waals surface area contributed by atoms with Crippen molar-refractivity contribution < 1.29 is 9.90 Å². The second kappa shape index (κ2) is 3.65. The predicted octanol–water partition coefficient (Wildman–Crippen LogP) is 3.25. The second-order valence-electron chi connectivity index (χ2n) is 5.11. The third-order valence-corrected chi connectivity index (χ3v) is 3.88. The van der Waals surface area contributed by atoms with E-state index in [1.165, 1.54) is 25.7 Å². The van der Waals surface area contributed by atoms with Gasteiger partial charge in [0.2, 0.25) is 0 Å². The summed E-state index contributed by atoms with van der Waals surface area (Å²) in [5.74, 6) is 0.286. The van der Waals surface area contributed by atoms with Crippen molar-refractivity contribution in [3.63, 3.8) is 0 Å². The Balaban J connectivity index is 1.94. The highest BCUT2D eigenvalue weighted by Gasteiger charge is 2.31. The number of aromatic nitrogens is 1. The van der Waals surface area contributed by atoms with Gasteiger partial charge in [-0.25, -0.2) is 4.79 Å². The van der Waals surface area contributed by atoms with Gasteiger partial charge >= 0.3 is 5.97 Å². The predicted molar refractivity (Wildman–Crippen MR) is 60.9 cm³/mol. The van der Waals surface area contributed by atoms with Crippen LogP contribution in [0.25, 0.3) is 0 Å². The van der Waals surface area contributed by atoms with Crippen LogP contribution in [0.1, 0.15) is 72.1 Å². The quantitative estimate of drug-likeness (QED) is 0.819. The Bertz CT molecular complexity index is 412. The summed E-state index contributed by atoms with van der Waals surface area (Å²) < 4.78 is 0. The molecule has 2 aliphatic carbocycles. The van der Waals surface area contributed by atoms with Crippen molar-refractivity contribution in [2.24, 2.45) is 0 Å². The lowest BCUT2D eigenvalue weighted by atomic mass is 10.0. The number of hydrogen-bond acceptors (Lipinski definition) is 1. The van der Waals surface area contributed by atoms with Gasteiger partial charge in [-0.15, -0.1) is 0 Å². The lowest BCUT2D eigenvalue weighted by molar-refractivity contribution is 0.0696. The molecule has 2 fully saturated rings. The molecule has 2 aliphatic rings. The molecule has 0 spiro atoms. The fourth-order valence-corrected chi connectivity index (χ4v) is 2.82. The van der Waals surface area contributed by atoms with Gasteiger partial charge < -0.3 is 10.1 Å². The monoisotopic (exact) mass is 219 g/mol. The normalized spacial score (nSPS) is 21.5. The van der Waals surface area contributed by atoms with Gasteiger partial charge in [0, 0.05) is 11.4 Å². The largest absolute Gasteiger partial charge is 0.478 e. The molecular weight excluding hydrogens is 202 g/mol. The minimum atomic E-state index is -0.776. The zero-order valence-corrected chi connectivity index (χ0v) is 9.33. The van der Waals surface area contributed by atoms with Gasteiger partial charge in [-0.1, -0.05) is 12.8 Å². The van der Waals surface area contributed by atoms with Gasteiger partial charge in [-0.3, -0.25) is 0 Å². The van der Waals surface area contributed by atoms with E-state index in [0.717, 1.165) is 24.2 Å². The van der Waals surface area contributed by atoms with Gasteiger partial charge in [0.05, 0.1) is 5.56 Å². The van der Waals surface area contributed by atoms with Gasteiger partial charge in [0.25, 0.3) is 0 Å². The summed E-state index contributed by atoms with van der Waals surface area (Å²) in [6.07, 6.45) is 7.28. The Morgan fingerprint density at radius 2 is 1.88 bits per heavy atom. The summed E-state index contributed by atoms with van der Waals surface area (Å²) in [6.45, 7) is 0. The second-order valence-corrected chi connectivity index (χ2v) is 5.11. The molecule has 0 bridgehead atoms. The topological polar surface area (TPSA) is 53.1 Å². The van der Waals surface area contributed by atoms with E-state index in [1.54, 1.807) is 0 Å².